The number of carbonyl (C=O) groups is 1. The topological polar surface area (TPSA) is 54.5 Å². The Bertz CT molecular complexity index is 428. The van der Waals surface area contributed by atoms with Crippen molar-refractivity contribution in [2.45, 2.75) is 13.0 Å². The summed E-state index contributed by atoms with van der Waals surface area (Å²) in [5, 5.41) is 2.70. The van der Waals surface area contributed by atoms with Crippen molar-refractivity contribution in [2.75, 3.05) is 31.1 Å². The van der Waals surface area contributed by atoms with Crippen LogP contribution in [0.3, 0.4) is 0 Å². The summed E-state index contributed by atoms with van der Waals surface area (Å²) in [6.45, 7) is 3.51. The average molecular weight is 253 g/mol. The van der Waals surface area contributed by atoms with E-state index < -0.39 is 0 Å². The minimum Gasteiger partial charge on any atom is -0.373 e. The highest BCUT2D eigenvalue weighted by atomic mass is 19.1. The van der Waals surface area contributed by atoms with E-state index >= 15 is 0 Å². The first-order valence-corrected chi connectivity index (χ1v) is 5.88. The van der Waals surface area contributed by atoms with E-state index in [2.05, 4.69) is 10.3 Å². The van der Waals surface area contributed by atoms with Crippen molar-refractivity contribution in [3.05, 3.63) is 24.1 Å². The zero-order valence-corrected chi connectivity index (χ0v) is 10.2. The number of hydrogen-bond donors (Lipinski definition) is 1. The molecule has 0 spiro atoms. The van der Waals surface area contributed by atoms with E-state index in [-0.39, 0.29) is 17.8 Å². The van der Waals surface area contributed by atoms with E-state index in [1.807, 2.05) is 4.90 Å². The molecule has 0 saturated carbocycles. The summed E-state index contributed by atoms with van der Waals surface area (Å²) in [5.41, 5.74) is 0. The Kier molecular flexibility index (Phi) is 4.09. The molecule has 1 saturated heterocycles. The fourth-order valence-corrected chi connectivity index (χ4v) is 1.90. The van der Waals surface area contributed by atoms with Crippen LogP contribution < -0.4 is 10.2 Å². The predicted molar refractivity (Wildman–Crippen MR) is 64.8 cm³/mol. The molecule has 1 fully saturated rings. The zero-order chi connectivity index (χ0) is 13.0. The van der Waals surface area contributed by atoms with Crippen LogP contribution in [-0.2, 0) is 9.53 Å². The summed E-state index contributed by atoms with van der Waals surface area (Å²) >= 11 is 0. The molecular weight excluding hydrogens is 237 g/mol. The number of aromatic nitrogens is 1. The van der Waals surface area contributed by atoms with Gasteiger partial charge in [0.25, 0.3) is 0 Å². The zero-order valence-electron chi connectivity index (χ0n) is 10.2. The fourth-order valence-electron chi connectivity index (χ4n) is 1.90. The largest absolute Gasteiger partial charge is 0.373 e. The minimum atomic E-state index is -0.335. The third-order valence-electron chi connectivity index (χ3n) is 2.76. The van der Waals surface area contributed by atoms with E-state index in [0.717, 1.165) is 0 Å². The van der Waals surface area contributed by atoms with Gasteiger partial charge in [0.1, 0.15) is 0 Å². The number of nitrogens with zero attached hydrogens (tertiary/aromatic N) is 2. The number of anilines is 1. The molecule has 98 valence electrons. The van der Waals surface area contributed by atoms with Gasteiger partial charge in [-0.1, -0.05) is 0 Å². The lowest BCUT2D eigenvalue weighted by Crippen LogP contribution is -2.47. The van der Waals surface area contributed by atoms with Gasteiger partial charge in [0.15, 0.2) is 11.6 Å². The molecule has 0 aromatic carbocycles. The summed E-state index contributed by atoms with van der Waals surface area (Å²) in [6.07, 6.45) is 1.43. The van der Waals surface area contributed by atoms with Gasteiger partial charge in [0, 0.05) is 32.8 Å². The lowest BCUT2D eigenvalue weighted by molar-refractivity contribution is -0.119. The average Bonchev–Trinajstić information content (AvgIpc) is 2.37. The molecule has 0 radical (unpaired) electrons. The molecule has 1 amide bonds. The molecule has 0 bridgehead atoms. The van der Waals surface area contributed by atoms with Crippen LogP contribution >= 0.6 is 0 Å². The van der Waals surface area contributed by atoms with Gasteiger partial charge < -0.3 is 15.0 Å². The molecule has 1 N–H and O–H groups in total. The molecule has 0 unspecified atom stereocenters. The van der Waals surface area contributed by atoms with Crippen LogP contribution in [0, 0.1) is 5.82 Å². The molecule has 5 nitrogen and oxygen atoms in total. The smallest absolute Gasteiger partial charge is 0.216 e. The first-order valence-electron chi connectivity index (χ1n) is 5.88. The Labute approximate surface area is 105 Å². The molecule has 1 aromatic heterocycles. The highest BCUT2D eigenvalue weighted by molar-refractivity contribution is 5.72. The van der Waals surface area contributed by atoms with Crippen LogP contribution in [0.25, 0.3) is 0 Å². The van der Waals surface area contributed by atoms with Gasteiger partial charge in [-0.2, -0.15) is 0 Å². The minimum absolute atomic E-state index is 0.0975. The number of ether oxygens (including phenoxy) is 1. The van der Waals surface area contributed by atoms with Gasteiger partial charge in [0.2, 0.25) is 5.91 Å². The van der Waals surface area contributed by atoms with E-state index in [0.29, 0.717) is 32.1 Å². The van der Waals surface area contributed by atoms with Gasteiger partial charge in [0.05, 0.1) is 12.7 Å². The van der Waals surface area contributed by atoms with Crippen LogP contribution in [0.1, 0.15) is 6.92 Å². The second-order valence-corrected chi connectivity index (χ2v) is 4.18. The van der Waals surface area contributed by atoms with Crippen LogP contribution in [-0.4, -0.2) is 43.2 Å². The molecule has 18 heavy (non-hydrogen) atoms. The molecule has 2 heterocycles. The lowest BCUT2D eigenvalue weighted by atomic mass is 10.2. The molecule has 1 atom stereocenters. The molecule has 1 aliphatic heterocycles. The number of halogens is 1. The van der Waals surface area contributed by atoms with Gasteiger partial charge in [-0.3, -0.25) is 4.79 Å². The Morgan fingerprint density at radius 3 is 3.28 bits per heavy atom. The maximum Gasteiger partial charge on any atom is 0.216 e. The maximum atomic E-state index is 13.6. The molecule has 6 heteroatoms. The Morgan fingerprint density at radius 1 is 1.72 bits per heavy atom. The summed E-state index contributed by atoms with van der Waals surface area (Å²) in [7, 11) is 0. The van der Waals surface area contributed by atoms with E-state index in [1.54, 1.807) is 12.3 Å². The van der Waals surface area contributed by atoms with Crippen molar-refractivity contribution in [2.24, 2.45) is 0 Å². The highest BCUT2D eigenvalue weighted by Crippen LogP contribution is 2.18. The van der Waals surface area contributed by atoms with Crippen molar-refractivity contribution >= 4 is 11.7 Å². The second kappa shape index (κ2) is 5.77. The number of hydrogen-bond acceptors (Lipinski definition) is 4. The highest BCUT2D eigenvalue weighted by Gasteiger charge is 2.23. The molecule has 2 rings (SSSR count). The predicted octanol–water partition coefficient (Wildman–Crippen LogP) is 0.562. The van der Waals surface area contributed by atoms with Crippen LogP contribution in [0.4, 0.5) is 10.2 Å². The van der Waals surface area contributed by atoms with Crippen LogP contribution in [0.15, 0.2) is 18.3 Å². The molecular formula is C12H16FN3O2. The van der Waals surface area contributed by atoms with Gasteiger partial charge in [-0.15, -0.1) is 0 Å². The van der Waals surface area contributed by atoms with Gasteiger partial charge in [-0.05, 0) is 12.1 Å². The Hall–Kier alpha value is -1.69. The lowest BCUT2D eigenvalue weighted by Gasteiger charge is -2.33. The number of nitrogens with one attached hydrogen (secondary N) is 1. The van der Waals surface area contributed by atoms with E-state index in [1.165, 1.54) is 13.0 Å². The molecule has 1 aliphatic rings. The first-order chi connectivity index (χ1) is 8.66. The summed E-state index contributed by atoms with van der Waals surface area (Å²) in [6, 6.07) is 2.95. The Balaban J connectivity index is 1.98. The van der Waals surface area contributed by atoms with Crippen molar-refractivity contribution in [1.82, 2.24) is 10.3 Å². The van der Waals surface area contributed by atoms with Crippen molar-refractivity contribution in [3.8, 4) is 0 Å². The standard InChI is InChI=1S/C12H16FN3O2/c1-9(17)15-7-10-8-16(5-6-18-10)12-11(13)3-2-4-14-12/h2-4,10H,5-8H2,1H3,(H,15,17)/t10-/m1/s1. The van der Waals surface area contributed by atoms with Crippen LogP contribution in [0.5, 0.6) is 0 Å². The third-order valence-corrected chi connectivity index (χ3v) is 2.76. The molecule has 1 aromatic rings. The summed E-state index contributed by atoms with van der Waals surface area (Å²) in [4.78, 5) is 16.7. The second-order valence-electron chi connectivity index (χ2n) is 4.18. The maximum absolute atomic E-state index is 13.6. The van der Waals surface area contributed by atoms with Gasteiger partial charge in [-0.25, -0.2) is 9.37 Å². The quantitative estimate of drug-likeness (QED) is 0.855. The summed E-state index contributed by atoms with van der Waals surface area (Å²) < 4.78 is 19.1. The fraction of sp³-hybridized carbons (Fsp3) is 0.500. The van der Waals surface area contributed by atoms with Crippen molar-refractivity contribution in [1.29, 1.82) is 0 Å². The normalized spacial score (nSPS) is 19.7. The monoisotopic (exact) mass is 253 g/mol. The van der Waals surface area contributed by atoms with Crippen molar-refractivity contribution < 1.29 is 13.9 Å². The SMILES string of the molecule is CC(=O)NC[C@@H]1CN(c2ncccc2F)CCO1. The van der Waals surface area contributed by atoms with Gasteiger partial charge >= 0.3 is 0 Å². The number of carbonyl (C=O) groups excluding carboxylic acids is 1. The number of rotatable bonds is 3. The number of morpholine rings is 1. The van der Waals surface area contributed by atoms with Crippen LogP contribution in [0.2, 0.25) is 0 Å². The van der Waals surface area contributed by atoms with Crippen molar-refractivity contribution in [3.63, 3.8) is 0 Å². The Morgan fingerprint density at radius 2 is 2.56 bits per heavy atom. The molecule has 0 aliphatic carbocycles. The third kappa shape index (κ3) is 3.16. The van der Waals surface area contributed by atoms with E-state index in [9.17, 15) is 9.18 Å². The first kappa shape index (κ1) is 12.8. The summed E-state index contributed by atoms with van der Waals surface area (Å²) in [5.74, 6) is -0.0916. The van der Waals surface area contributed by atoms with E-state index in [4.69, 9.17) is 4.74 Å². The number of amides is 1. The number of pyridine rings is 1.